The number of hydrogen-bond donors (Lipinski definition) is 0. The predicted molar refractivity (Wildman–Crippen MR) is 68.3 cm³/mol. The second-order valence-electron chi connectivity index (χ2n) is 4.47. The summed E-state index contributed by atoms with van der Waals surface area (Å²) in [6.45, 7) is 0.139. The minimum Gasteiger partial charge on any atom is -0.460 e. The number of aromatic nitrogens is 2. The lowest BCUT2D eigenvalue weighted by molar-refractivity contribution is -0.202. The molecule has 122 valence electrons. The van der Waals surface area contributed by atoms with Crippen LogP contribution in [0.15, 0.2) is 5.51 Å². The number of rotatable bonds is 4. The van der Waals surface area contributed by atoms with E-state index in [-0.39, 0.29) is 0 Å². The molecule has 1 saturated heterocycles. The van der Waals surface area contributed by atoms with E-state index < -0.39 is 30.8 Å². The van der Waals surface area contributed by atoms with Crippen LogP contribution in [0.2, 0.25) is 0 Å². The SMILES string of the molecule is O=C(COC(=O)C(F)(F)F)OC1CCN(c2nncs2)CC1. The van der Waals surface area contributed by atoms with Crippen molar-refractivity contribution in [3.63, 3.8) is 0 Å². The Morgan fingerprint density at radius 2 is 2.05 bits per heavy atom. The molecule has 0 amide bonds. The quantitative estimate of drug-likeness (QED) is 0.761. The van der Waals surface area contributed by atoms with Crippen LogP contribution in [-0.4, -0.2) is 54.1 Å². The van der Waals surface area contributed by atoms with E-state index in [9.17, 15) is 22.8 Å². The fourth-order valence-electron chi connectivity index (χ4n) is 1.90. The minimum atomic E-state index is -5.12. The van der Waals surface area contributed by atoms with Gasteiger partial charge in [-0.1, -0.05) is 11.3 Å². The maximum Gasteiger partial charge on any atom is 0.490 e. The molecule has 7 nitrogen and oxygen atoms in total. The topological polar surface area (TPSA) is 81.6 Å². The normalized spacial score (nSPS) is 16.4. The minimum absolute atomic E-state index is 0.415. The van der Waals surface area contributed by atoms with Crippen LogP contribution < -0.4 is 4.90 Å². The first kappa shape index (κ1) is 16.5. The molecule has 2 rings (SSSR count). The van der Waals surface area contributed by atoms with Gasteiger partial charge in [0.25, 0.3) is 0 Å². The Morgan fingerprint density at radius 1 is 1.36 bits per heavy atom. The van der Waals surface area contributed by atoms with E-state index in [2.05, 4.69) is 14.9 Å². The van der Waals surface area contributed by atoms with Crippen molar-refractivity contribution in [2.24, 2.45) is 0 Å². The highest BCUT2D eigenvalue weighted by Crippen LogP contribution is 2.22. The van der Waals surface area contributed by atoms with Crippen molar-refractivity contribution in [2.45, 2.75) is 25.1 Å². The maximum absolute atomic E-state index is 11.9. The molecule has 0 N–H and O–H groups in total. The number of alkyl halides is 3. The smallest absolute Gasteiger partial charge is 0.460 e. The zero-order chi connectivity index (χ0) is 16.2. The molecule has 0 atom stereocenters. The summed E-state index contributed by atoms with van der Waals surface area (Å²) >= 11 is 1.39. The van der Waals surface area contributed by atoms with Crippen LogP contribution in [0, 0.1) is 0 Å². The summed E-state index contributed by atoms with van der Waals surface area (Å²) in [6, 6.07) is 0. The van der Waals surface area contributed by atoms with E-state index in [0.717, 1.165) is 5.13 Å². The molecule has 0 bridgehead atoms. The van der Waals surface area contributed by atoms with Crippen LogP contribution >= 0.6 is 11.3 Å². The number of carbonyl (C=O) groups is 2. The molecule has 1 aliphatic heterocycles. The number of hydrogen-bond acceptors (Lipinski definition) is 8. The van der Waals surface area contributed by atoms with Crippen molar-refractivity contribution in [3.05, 3.63) is 5.51 Å². The monoisotopic (exact) mass is 339 g/mol. The largest absolute Gasteiger partial charge is 0.490 e. The number of ether oxygens (including phenoxy) is 2. The molecule has 0 aliphatic carbocycles. The number of nitrogens with zero attached hydrogens (tertiary/aromatic N) is 3. The summed E-state index contributed by atoms with van der Waals surface area (Å²) in [5.74, 6) is -3.40. The van der Waals surface area contributed by atoms with Gasteiger partial charge in [-0.3, -0.25) is 0 Å². The Morgan fingerprint density at radius 3 is 2.59 bits per heavy atom. The molecular formula is C11H12F3N3O4S. The average Bonchev–Trinajstić information content (AvgIpc) is 2.98. The Labute approximate surface area is 127 Å². The Hall–Kier alpha value is -1.91. The fourth-order valence-corrected chi connectivity index (χ4v) is 2.51. The molecule has 0 aromatic carbocycles. The lowest BCUT2D eigenvalue weighted by Gasteiger charge is -2.30. The third-order valence-electron chi connectivity index (χ3n) is 2.91. The summed E-state index contributed by atoms with van der Waals surface area (Å²) in [7, 11) is 0. The Balaban J connectivity index is 1.70. The first-order valence-electron chi connectivity index (χ1n) is 6.31. The highest BCUT2D eigenvalue weighted by atomic mass is 32.1. The highest BCUT2D eigenvalue weighted by molar-refractivity contribution is 7.13. The van der Waals surface area contributed by atoms with Gasteiger partial charge in [0.1, 0.15) is 11.6 Å². The van der Waals surface area contributed by atoms with Crippen molar-refractivity contribution < 1.29 is 32.2 Å². The lowest BCUT2D eigenvalue weighted by atomic mass is 10.1. The Bertz CT molecular complexity index is 515. The molecule has 0 radical (unpaired) electrons. The van der Waals surface area contributed by atoms with Gasteiger partial charge in [-0.2, -0.15) is 13.2 Å². The van der Waals surface area contributed by atoms with Crippen LogP contribution in [0.4, 0.5) is 18.3 Å². The predicted octanol–water partition coefficient (Wildman–Crippen LogP) is 1.16. The zero-order valence-corrected chi connectivity index (χ0v) is 12.0. The van der Waals surface area contributed by atoms with Crippen LogP contribution in [0.25, 0.3) is 0 Å². The van der Waals surface area contributed by atoms with Crippen molar-refractivity contribution in [3.8, 4) is 0 Å². The van der Waals surface area contributed by atoms with Crippen molar-refractivity contribution in [1.82, 2.24) is 10.2 Å². The second kappa shape index (κ2) is 6.90. The molecule has 1 fully saturated rings. The highest BCUT2D eigenvalue weighted by Gasteiger charge is 2.41. The number of piperidine rings is 1. The summed E-state index contributed by atoms with van der Waals surface area (Å²) in [5, 5.41) is 8.41. The van der Waals surface area contributed by atoms with E-state index in [1.807, 2.05) is 4.90 Å². The van der Waals surface area contributed by atoms with Gasteiger partial charge in [-0.15, -0.1) is 10.2 Å². The van der Waals surface area contributed by atoms with Crippen LogP contribution in [-0.2, 0) is 19.1 Å². The summed E-state index contributed by atoms with van der Waals surface area (Å²) in [6.07, 6.45) is -4.51. The molecule has 0 unspecified atom stereocenters. The molecule has 11 heteroatoms. The van der Waals surface area contributed by atoms with E-state index in [0.29, 0.717) is 25.9 Å². The standard InChI is InChI=1S/C11H12F3N3O4S/c12-11(13,14)9(19)20-5-8(18)21-7-1-3-17(4-2-7)10-16-15-6-22-10/h6-7H,1-5H2. The van der Waals surface area contributed by atoms with E-state index >= 15 is 0 Å². The Kier molecular flexibility index (Phi) is 5.16. The molecule has 0 spiro atoms. The average molecular weight is 339 g/mol. The van der Waals surface area contributed by atoms with Gasteiger partial charge in [0.15, 0.2) is 6.61 Å². The van der Waals surface area contributed by atoms with Crippen molar-refractivity contribution >= 4 is 28.4 Å². The van der Waals surface area contributed by atoms with E-state index in [4.69, 9.17) is 4.74 Å². The lowest BCUT2D eigenvalue weighted by Crippen LogP contribution is -2.38. The fraction of sp³-hybridized carbons (Fsp3) is 0.636. The third kappa shape index (κ3) is 4.55. The van der Waals surface area contributed by atoms with E-state index in [1.54, 1.807) is 5.51 Å². The van der Waals surface area contributed by atoms with Crippen molar-refractivity contribution in [1.29, 1.82) is 0 Å². The van der Waals surface area contributed by atoms with E-state index in [1.165, 1.54) is 11.3 Å². The molecule has 0 saturated carbocycles. The second-order valence-corrected chi connectivity index (χ2v) is 5.28. The van der Waals surface area contributed by atoms with Gasteiger partial charge in [-0.05, 0) is 0 Å². The molecule has 1 aromatic heterocycles. The number of esters is 2. The number of halogens is 3. The summed E-state index contributed by atoms with van der Waals surface area (Å²) < 4.78 is 44.5. The van der Waals surface area contributed by atoms with Crippen LogP contribution in [0.1, 0.15) is 12.8 Å². The summed E-state index contributed by atoms with van der Waals surface area (Å²) in [5.41, 5.74) is 1.61. The molecular weight excluding hydrogens is 327 g/mol. The first-order chi connectivity index (χ1) is 10.4. The number of anilines is 1. The molecule has 22 heavy (non-hydrogen) atoms. The first-order valence-corrected chi connectivity index (χ1v) is 7.19. The van der Waals surface area contributed by atoms with Crippen LogP contribution in [0.3, 0.4) is 0 Å². The number of carbonyl (C=O) groups excluding carboxylic acids is 2. The van der Waals surface area contributed by atoms with Gasteiger partial charge in [0.2, 0.25) is 5.13 Å². The van der Waals surface area contributed by atoms with Gasteiger partial charge in [-0.25, -0.2) is 9.59 Å². The third-order valence-corrected chi connectivity index (χ3v) is 3.66. The van der Waals surface area contributed by atoms with Gasteiger partial charge >= 0.3 is 18.1 Å². The van der Waals surface area contributed by atoms with Gasteiger partial charge in [0, 0.05) is 25.9 Å². The zero-order valence-electron chi connectivity index (χ0n) is 11.2. The van der Waals surface area contributed by atoms with Crippen LogP contribution in [0.5, 0.6) is 0 Å². The maximum atomic E-state index is 11.9. The van der Waals surface area contributed by atoms with Gasteiger partial charge < -0.3 is 14.4 Å². The van der Waals surface area contributed by atoms with Gasteiger partial charge in [0.05, 0.1) is 0 Å². The van der Waals surface area contributed by atoms with Crippen molar-refractivity contribution in [2.75, 3.05) is 24.6 Å². The molecule has 1 aliphatic rings. The summed E-state index contributed by atoms with van der Waals surface area (Å²) in [4.78, 5) is 23.8. The molecule has 1 aromatic rings. The molecule has 2 heterocycles.